The average Bonchev–Trinajstić information content (AvgIpc) is 3.24. The minimum atomic E-state index is -1.28. The van der Waals surface area contributed by atoms with E-state index >= 15 is 0 Å². The van der Waals surface area contributed by atoms with Crippen LogP contribution in [0.5, 0.6) is 0 Å². The number of likely N-dealkylation sites (tertiary alicyclic amines) is 1. The lowest BCUT2D eigenvalue weighted by Gasteiger charge is -2.30. The number of halogens is 1. The highest BCUT2D eigenvalue weighted by Crippen LogP contribution is 2.54. The molecule has 0 bridgehead atoms. The highest BCUT2D eigenvalue weighted by Gasteiger charge is 2.70. The summed E-state index contributed by atoms with van der Waals surface area (Å²) < 4.78 is 5.06. The molecule has 2 N–H and O–H groups in total. The molecule has 1 aromatic carbocycles. The Kier molecular flexibility index (Phi) is 4.72. The number of anilines is 1. The van der Waals surface area contributed by atoms with Crippen molar-refractivity contribution in [1.82, 2.24) is 10.2 Å². The van der Waals surface area contributed by atoms with Crippen molar-refractivity contribution in [2.75, 3.05) is 25.6 Å². The number of hydrogen-bond donors (Lipinski definition) is 2. The number of amides is 3. The predicted octanol–water partition coefficient (Wildman–Crippen LogP) is 1.75. The normalized spacial score (nSPS) is 31.1. The van der Waals surface area contributed by atoms with Crippen LogP contribution in [0.3, 0.4) is 0 Å². The van der Waals surface area contributed by atoms with Crippen LogP contribution in [0.1, 0.15) is 25.8 Å². The first kappa shape index (κ1) is 19.4. The van der Waals surface area contributed by atoms with Gasteiger partial charge in [-0.05, 0) is 18.4 Å². The highest BCUT2D eigenvalue weighted by molar-refractivity contribution is 6.35. The van der Waals surface area contributed by atoms with Gasteiger partial charge >= 0.3 is 0 Å². The first-order chi connectivity index (χ1) is 13.3. The SMILES string of the molecule is COCCCN1C(=O)[C@@H]2C(C(C)C)NC3(C(=O)Nc4c(Cl)cccc43)[C@@H]2C1=O. The number of nitrogens with zero attached hydrogens (tertiary/aromatic N) is 1. The van der Waals surface area contributed by atoms with Crippen LogP contribution < -0.4 is 10.6 Å². The van der Waals surface area contributed by atoms with Crippen molar-refractivity contribution in [1.29, 1.82) is 0 Å². The first-order valence-corrected chi connectivity index (χ1v) is 9.94. The number of benzene rings is 1. The number of nitrogens with one attached hydrogen (secondary N) is 2. The molecule has 1 spiro atoms. The van der Waals surface area contributed by atoms with Crippen LogP contribution in [0.4, 0.5) is 5.69 Å². The zero-order chi connectivity index (χ0) is 20.2. The van der Waals surface area contributed by atoms with Crippen molar-refractivity contribution >= 4 is 35.0 Å². The Balaban J connectivity index is 1.81. The van der Waals surface area contributed by atoms with Gasteiger partial charge in [0.2, 0.25) is 17.7 Å². The number of ether oxygens (including phenoxy) is 1. The van der Waals surface area contributed by atoms with Gasteiger partial charge < -0.3 is 10.1 Å². The molecule has 0 radical (unpaired) electrons. The molecule has 4 rings (SSSR count). The minimum absolute atomic E-state index is 0.0681. The van der Waals surface area contributed by atoms with E-state index in [2.05, 4.69) is 10.6 Å². The van der Waals surface area contributed by atoms with Gasteiger partial charge in [-0.1, -0.05) is 37.6 Å². The van der Waals surface area contributed by atoms with Gasteiger partial charge in [-0.3, -0.25) is 24.6 Å². The number of imide groups is 1. The van der Waals surface area contributed by atoms with E-state index in [4.69, 9.17) is 16.3 Å². The smallest absolute Gasteiger partial charge is 0.250 e. The molecule has 7 nitrogen and oxygen atoms in total. The quantitative estimate of drug-likeness (QED) is 0.575. The predicted molar refractivity (Wildman–Crippen MR) is 104 cm³/mol. The average molecular weight is 406 g/mol. The van der Waals surface area contributed by atoms with Crippen LogP contribution in [0, 0.1) is 17.8 Å². The fourth-order valence-corrected chi connectivity index (χ4v) is 5.17. The first-order valence-electron chi connectivity index (χ1n) is 9.57. The summed E-state index contributed by atoms with van der Waals surface area (Å²) in [7, 11) is 1.58. The molecule has 0 saturated carbocycles. The molecule has 150 valence electrons. The van der Waals surface area contributed by atoms with E-state index in [0.29, 0.717) is 35.8 Å². The second-order valence-electron chi connectivity index (χ2n) is 8.02. The van der Waals surface area contributed by atoms with Gasteiger partial charge in [-0.15, -0.1) is 0 Å². The molecule has 3 aliphatic heterocycles. The Morgan fingerprint density at radius 1 is 1.25 bits per heavy atom. The van der Waals surface area contributed by atoms with Crippen LogP contribution in [0.2, 0.25) is 5.02 Å². The monoisotopic (exact) mass is 405 g/mol. The van der Waals surface area contributed by atoms with Gasteiger partial charge in [-0.25, -0.2) is 0 Å². The Morgan fingerprint density at radius 2 is 2.00 bits per heavy atom. The molecule has 8 heteroatoms. The summed E-state index contributed by atoms with van der Waals surface area (Å²) >= 11 is 6.30. The fraction of sp³-hybridized carbons (Fsp3) is 0.550. The van der Waals surface area contributed by atoms with Crippen molar-refractivity contribution in [2.24, 2.45) is 17.8 Å². The lowest BCUT2D eigenvalue weighted by molar-refractivity contribution is -0.143. The van der Waals surface area contributed by atoms with E-state index < -0.39 is 17.4 Å². The van der Waals surface area contributed by atoms with Gasteiger partial charge in [0.25, 0.3) is 0 Å². The largest absolute Gasteiger partial charge is 0.385 e. The molecule has 3 heterocycles. The van der Waals surface area contributed by atoms with E-state index in [1.807, 2.05) is 13.8 Å². The van der Waals surface area contributed by atoms with Crippen LogP contribution in [0.25, 0.3) is 0 Å². The highest BCUT2D eigenvalue weighted by atomic mass is 35.5. The van der Waals surface area contributed by atoms with Gasteiger partial charge in [0.05, 0.1) is 22.5 Å². The summed E-state index contributed by atoms with van der Waals surface area (Å²) in [4.78, 5) is 41.1. The van der Waals surface area contributed by atoms with E-state index in [1.165, 1.54) is 4.90 Å². The molecule has 28 heavy (non-hydrogen) atoms. The topological polar surface area (TPSA) is 87.7 Å². The molecule has 2 saturated heterocycles. The van der Waals surface area contributed by atoms with E-state index in [9.17, 15) is 14.4 Å². The van der Waals surface area contributed by atoms with Crippen molar-refractivity contribution in [3.8, 4) is 0 Å². The number of methoxy groups -OCH3 is 1. The molecule has 3 amide bonds. The molecule has 3 aliphatic rings. The third-order valence-electron chi connectivity index (χ3n) is 6.17. The summed E-state index contributed by atoms with van der Waals surface area (Å²) in [5.74, 6) is -2.13. The van der Waals surface area contributed by atoms with Crippen molar-refractivity contribution in [3.63, 3.8) is 0 Å². The molecule has 0 aromatic heterocycles. The lowest BCUT2D eigenvalue weighted by Crippen LogP contribution is -2.54. The molecule has 2 unspecified atom stereocenters. The van der Waals surface area contributed by atoms with Crippen molar-refractivity contribution in [3.05, 3.63) is 28.8 Å². The van der Waals surface area contributed by atoms with Gasteiger partial charge in [0, 0.05) is 31.9 Å². The summed E-state index contributed by atoms with van der Waals surface area (Å²) in [5.41, 5.74) is -0.117. The minimum Gasteiger partial charge on any atom is -0.385 e. The third-order valence-corrected chi connectivity index (χ3v) is 6.49. The van der Waals surface area contributed by atoms with Gasteiger partial charge in [0.15, 0.2) is 0 Å². The van der Waals surface area contributed by atoms with Gasteiger partial charge in [-0.2, -0.15) is 0 Å². The standard InChI is InChI=1S/C20H24ClN3O4/c1-10(2)15-13-14(18(26)24(17(13)25)8-5-9-28-3)20(23-15)11-6-4-7-12(21)16(11)22-19(20)27/h4,6-7,10,13-15,23H,5,8-9H2,1-3H3,(H,22,27)/t13-,14-,15?,20?/m0/s1. The maximum atomic E-state index is 13.4. The summed E-state index contributed by atoms with van der Waals surface area (Å²) in [6, 6.07) is 4.98. The molecular weight excluding hydrogens is 382 g/mol. The number of carbonyl (C=O) groups excluding carboxylic acids is 3. The number of para-hydroxylation sites is 1. The van der Waals surface area contributed by atoms with Crippen LogP contribution in [-0.4, -0.2) is 48.9 Å². The zero-order valence-corrected chi connectivity index (χ0v) is 16.9. The van der Waals surface area contributed by atoms with Gasteiger partial charge in [0.1, 0.15) is 5.54 Å². The van der Waals surface area contributed by atoms with Crippen molar-refractivity contribution < 1.29 is 19.1 Å². The molecule has 1 aromatic rings. The maximum Gasteiger partial charge on any atom is 0.250 e. The number of carbonyl (C=O) groups is 3. The second kappa shape index (κ2) is 6.83. The van der Waals surface area contributed by atoms with Crippen LogP contribution in [0.15, 0.2) is 18.2 Å². The Morgan fingerprint density at radius 3 is 2.68 bits per heavy atom. The van der Waals surface area contributed by atoms with E-state index in [-0.39, 0.29) is 29.7 Å². The summed E-state index contributed by atoms with van der Waals surface area (Å²) in [6.45, 7) is 4.74. The summed E-state index contributed by atoms with van der Waals surface area (Å²) in [5, 5.41) is 6.64. The fourth-order valence-electron chi connectivity index (χ4n) is 4.95. The third kappa shape index (κ3) is 2.46. The maximum absolute atomic E-state index is 13.4. The Labute approximate surface area is 168 Å². The van der Waals surface area contributed by atoms with Crippen molar-refractivity contribution in [2.45, 2.75) is 31.8 Å². The molecule has 2 fully saturated rings. The van der Waals surface area contributed by atoms with Crippen LogP contribution in [-0.2, 0) is 24.7 Å². The lowest BCUT2D eigenvalue weighted by atomic mass is 9.76. The molecule has 4 atom stereocenters. The molecular formula is C20H24ClN3O4. The number of fused-ring (bicyclic) bond motifs is 4. The Bertz CT molecular complexity index is 858. The number of rotatable bonds is 5. The van der Waals surface area contributed by atoms with E-state index in [1.54, 1.807) is 25.3 Å². The summed E-state index contributed by atoms with van der Waals surface area (Å²) in [6.07, 6.45) is 0.564. The van der Waals surface area contributed by atoms with E-state index in [0.717, 1.165) is 0 Å². The number of hydrogen-bond acceptors (Lipinski definition) is 5. The second-order valence-corrected chi connectivity index (χ2v) is 8.42. The zero-order valence-electron chi connectivity index (χ0n) is 16.1. The molecule has 0 aliphatic carbocycles. The Hall–Kier alpha value is -1.96. The van der Waals surface area contributed by atoms with Crippen LogP contribution >= 0.6 is 11.6 Å².